The molecule has 2 aromatic rings. The van der Waals surface area contributed by atoms with Gasteiger partial charge in [0.25, 0.3) is 5.91 Å². The lowest BCUT2D eigenvalue weighted by molar-refractivity contribution is 0.0952. The van der Waals surface area contributed by atoms with E-state index in [1.54, 1.807) is 12.4 Å². The van der Waals surface area contributed by atoms with E-state index >= 15 is 0 Å². The van der Waals surface area contributed by atoms with Crippen molar-refractivity contribution in [2.24, 2.45) is 0 Å². The van der Waals surface area contributed by atoms with Crippen molar-refractivity contribution in [3.8, 4) is 0 Å². The molecular weight excluding hydrogens is 312 g/mol. The van der Waals surface area contributed by atoms with Gasteiger partial charge >= 0.3 is 0 Å². The first-order valence-corrected chi connectivity index (χ1v) is 8.74. The second-order valence-electron chi connectivity index (χ2n) is 6.46. The van der Waals surface area contributed by atoms with Crippen molar-refractivity contribution in [3.05, 3.63) is 53.3 Å². The van der Waals surface area contributed by atoms with Crippen LogP contribution in [0.1, 0.15) is 34.8 Å². The molecule has 5 heteroatoms. The van der Waals surface area contributed by atoms with E-state index in [2.05, 4.69) is 52.6 Å². The summed E-state index contributed by atoms with van der Waals surface area (Å²) >= 11 is 0. The zero-order chi connectivity index (χ0) is 18.2. The number of hydrogen-bond donors (Lipinski definition) is 2. The fourth-order valence-electron chi connectivity index (χ4n) is 2.68. The van der Waals surface area contributed by atoms with Gasteiger partial charge in [-0.1, -0.05) is 25.1 Å². The van der Waals surface area contributed by atoms with Crippen LogP contribution in [0.5, 0.6) is 0 Å². The van der Waals surface area contributed by atoms with Gasteiger partial charge in [-0.25, -0.2) is 0 Å². The summed E-state index contributed by atoms with van der Waals surface area (Å²) in [7, 11) is 4.05. The Labute approximate surface area is 150 Å². The Bertz CT molecular complexity index is 713. The number of nitrogens with one attached hydrogen (secondary N) is 2. The highest BCUT2D eigenvalue weighted by atomic mass is 16.1. The first-order valence-electron chi connectivity index (χ1n) is 8.74. The predicted octanol–water partition coefficient (Wildman–Crippen LogP) is 3.38. The first kappa shape index (κ1) is 18.9. The number of benzene rings is 1. The standard InChI is InChI=1S/C20H28N4O/c1-5-16-9-6-8-15(2)19(16)23-18-12-17(13-21-14-18)20(25)22-10-7-11-24(3)4/h6,8-9,12-14,23H,5,7,10-11H2,1-4H3,(H,22,25). The van der Waals surface area contributed by atoms with E-state index in [1.807, 2.05) is 20.2 Å². The highest BCUT2D eigenvalue weighted by Crippen LogP contribution is 2.25. The molecule has 0 aliphatic rings. The average Bonchev–Trinajstić information content (AvgIpc) is 2.60. The van der Waals surface area contributed by atoms with Gasteiger partial charge in [-0.2, -0.15) is 0 Å². The molecular formula is C20H28N4O. The minimum absolute atomic E-state index is 0.0876. The van der Waals surface area contributed by atoms with E-state index in [4.69, 9.17) is 0 Å². The van der Waals surface area contributed by atoms with Crippen LogP contribution in [-0.2, 0) is 6.42 Å². The largest absolute Gasteiger partial charge is 0.354 e. The molecule has 0 aliphatic carbocycles. The fourth-order valence-corrected chi connectivity index (χ4v) is 2.68. The molecule has 2 rings (SSSR count). The number of carbonyl (C=O) groups is 1. The first-order chi connectivity index (χ1) is 12.0. The number of amides is 1. The molecule has 0 radical (unpaired) electrons. The Morgan fingerprint density at radius 3 is 2.76 bits per heavy atom. The summed E-state index contributed by atoms with van der Waals surface area (Å²) in [5.41, 5.74) is 4.91. The summed E-state index contributed by atoms with van der Waals surface area (Å²) < 4.78 is 0. The third-order valence-corrected chi connectivity index (χ3v) is 4.08. The molecule has 1 amide bonds. The molecule has 134 valence electrons. The van der Waals surface area contributed by atoms with E-state index in [0.29, 0.717) is 12.1 Å². The molecule has 0 saturated heterocycles. The number of aryl methyl sites for hydroxylation is 2. The summed E-state index contributed by atoms with van der Waals surface area (Å²) in [6.07, 6.45) is 5.22. The van der Waals surface area contributed by atoms with E-state index in [9.17, 15) is 4.79 Å². The van der Waals surface area contributed by atoms with E-state index in [-0.39, 0.29) is 5.91 Å². The number of aromatic nitrogens is 1. The molecule has 0 unspecified atom stereocenters. The smallest absolute Gasteiger partial charge is 0.252 e. The molecule has 0 aliphatic heterocycles. The number of anilines is 2. The monoisotopic (exact) mass is 340 g/mol. The predicted molar refractivity (Wildman–Crippen MR) is 104 cm³/mol. The van der Waals surface area contributed by atoms with E-state index in [1.165, 1.54) is 11.1 Å². The quantitative estimate of drug-likeness (QED) is 0.723. The normalized spacial score (nSPS) is 10.8. The molecule has 0 bridgehead atoms. The SMILES string of the molecule is CCc1cccc(C)c1Nc1cncc(C(=O)NCCCN(C)C)c1. The maximum absolute atomic E-state index is 12.3. The third kappa shape index (κ3) is 5.57. The lowest BCUT2D eigenvalue weighted by Gasteiger charge is -2.14. The van der Waals surface area contributed by atoms with Crippen molar-refractivity contribution >= 4 is 17.3 Å². The van der Waals surface area contributed by atoms with Crippen LogP contribution in [0, 0.1) is 6.92 Å². The molecule has 1 heterocycles. The fraction of sp³-hybridized carbons (Fsp3) is 0.400. The summed E-state index contributed by atoms with van der Waals surface area (Å²) in [4.78, 5) is 18.6. The van der Waals surface area contributed by atoms with Crippen molar-refractivity contribution in [3.63, 3.8) is 0 Å². The van der Waals surface area contributed by atoms with Crippen LogP contribution in [-0.4, -0.2) is 43.0 Å². The Kier molecular flexibility index (Phi) is 6.95. The second kappa shape index (κ2) is 9.18. The van der Waals surface area contributed by atoms with Crippen LogP contribution in [0.4, 0.5) is 11.4 Å². The van der Waals surface area contributed by atoms with E-state index < -0.39 is 0 Å². The molecule has 25 heavy (non-hydrogen) atoms. The van der Waals surface area contributed by atoms with Gasteiger partial charge in [0.2, 0.25) is 0 Å². The van der Waals surface area contributed by atoms with Crippen molar-refractivity contribution in [2.45, 2.75) is 26.7 Å². The van der Waals surface area contributed by atoms with Crippen LogP contribution < -0.4 is 10.6 Å². The number of rotatable bonds is 8. The van der Waals surface area contributed by atoms with Crippen LogP contribution >= 0.6 is 0 Å². The molecule has 0 spiro atoms. The van der Waals surface area contributed by atoms with Gasteiger partial charge in [0.1, 0.15) is 0 Å². The minimum atomic E-state index is -0.0876. The number of para-hydroxylation sites is 1. The van der Waals surface area contributed by atoms with Gasteiger partial charge in [-0.15, -0.1) is 0 Å². The molecule has 0 atom stereocenters. The maximum Gasteiger partial charge on any atom is 0.252 e. The lowest BCUT2D eigenvalue weighted by Crippen LogP contribution is -2.27. The van der Waals surface area contributed by atoms with E-state index in [0.717, 1.165) is 30.8 Å². The molecule has 5 nitrogen and oxygen atoms in total. The Balaban J connectivity index is 2.05. The highest BCUT2D eigenvalue weighted by Gasteiger charge is 2.09. The van der Waals surface area contributed by atoms with Gasteiger partial charge in [-0.05, 0) is 57.6 Å². The van der Waals surface area contributed by atoms with Gasteiger partial charge in [0, 0.05) is 18.4 Å². The Hall–Kier alpha value is -2.40. The molecule has 0 saturated carbocycles. The summed E-state index contributed by atoms with van der Waals surface area (Å²) in [6.45, 7) is 5.83. The lowest BCUT2D eigenvalue weighted by atomic mass is 10.1. The van der Waals surface area contributed by atoms with Gasteiger partial charge in [-0.3, -0.25) is 9.78 Å². The zero-order valence-corrected chi connectivity index (χ0v) is 15.6. The van der Waals surface area contributed by atoms with Gasteiger partial charge in [0.15, 0.2) is 0 Å². The summed E-state index contributed by atoms with van der Waals surface area (Å²) in [5.74, 6) is -0.0876. The topological polar surface area (TPSA) is 57.3 Å². The van der Waals surface area contributed by atoms with Gasteiger partial charge in [0.05, 0.1) is 17.4 Å². The molecule has 0 fully saturated rings. The van der Waals surface area contributed by atoms with Crippen LogP contribution in [0.2, 0.25) is 0 Å². The molecule has 1 aromatic heterocycles. The van der Waals surface area contributed by atoms with Crippen molar-refractivity contribution in [2.75, 3.05) is 32.5 Å². The van der Waals surface area contributed by atoms with Crippen LogP contribution in [0.25, 0.3) is 0 Å². The summed E-state index contributed by atoms with van der Waals surface area (Å²) in [6, 6.07) is 8.11. The number of pyridine rings is 1. The highest BCUT2D eigenvalue weighted by molar-refractivity contribution is 5.94. The summed E-state index contributed by atoms with van der Waals surface area (Å²) in [5, 5.41) is 6.37. The third-order valence-electron chi connectivity index (χ3n) is 4.08. The van der Waals surface area contributed by atoms with Crippen LogP contribution in [0.15, 0.2) is 36.7 Å². The minimum Gasteiger partial charge on any atom is -0.354 e. The van der Waals surface area contributed by atoms with Crippen molar-refractivity contribution in [1.82, 2.24) is 15.2 Å². The average molecular weight is 340 g/mol. The Morgan fingerprint density at radius 1 is 1.24 bits per heavy atom. The van der Waals surface area contributed by atoms with Crippen molar-refractivity contribution < 1.29 is 4.79 Å². The van der Waals surface area contributed by atoms with Crippen LogP contribution in [0.3, 0.4) is 0 Å². The molecule has 1 aromatic carbocycles. The molecule has 2 N–H and O–H groups in total. The number of hydrogen-bond acceptors (Lipinski definition) is 4. The second-order valence-corrected chi connectivity index (χ2v) is 6.46. The van der Waals surface area contributed by atoms with Gasteiger partial charge < -0.3 is 15.5 Å². The maximum atomic E-state index is 12.3. The number of carbonyl (C=O) groups excluding carboxylic acids is 1. The Morgan fingerprint density at radius 2 is 2.04 bits per heavy atom. The van der Waals surface area contributed by atoms with Crippen molar-refractivity contribution in [1.29, 1.82) is 0 Å². The number of nitrogens with zero attached hydrogens (tertiary/aromatic N) is 2. The zero-order valence-electron chi connectivity index (χ0n) is 15.6.